The molecule has 1 unspecified atom stereocenters. The van der Waals surface area contributed by atoms with Crippen molar-refractivity contribution in [3.63, 3.8) is 0 Å². The Labute approximate surface area is 97.9 Å². The molecular formula is C13H23NO2. The average molecular weight is 225 g/mol. The van der Waals surface area contributed by atoms with Gasteiger partial charge in [0.15, 0.2) is 0 Å². The second-order valence-electron chi connectivity index (χ2n) is 5.60. The summed E-state index contributed by atoms with van der Waals surface area (Å²) in [6.45, 7) is 2.25. The predicted octanol–water partition coefficient (Wildman–Crippen LogP) is 2.25. The largest absolute Gasteiger partial charge is 0.468 e. The van der Waals surface area contributed by atoms with Gasteiger partial charge < -0.3 is 4.74 Å². The normalized spacial score (nSPS) is 26.1. The monoisotopic (exact) mass is 225 g/mol. The lowest BCUT2D eigenvalue weighted by atomic mass is 9.82. The highest BCUT2D eigenvalue weighted by molar-refractivity contribution is 5.76. The molecule has 1 atom stereocenters. The van der Waals surface area contributed by atoms with Crippen molar-refractivity contribution in [1.82, 2.24) is 5.32 Å². The first-order chi connectivity index (χ1) is 7.64. The summed E-state index contributed by atoms with van der Waals surface area (Å²) in [5, 5.41) is 3.57. The van der Waals surface area contributed by atoms with Gasteiger partial charge in [0.05, 0.1) is 7.11 Å². The minimum Gasteiger partial charge on any atom is -0.468 e. The summed E-state index contributed by atoms with van der Waals surface area (Å²) in [6, 6.07) is -0.0619. The molecule has 2 saturated carbocycles. The van der Waals surface area contributed by atoms with Crippen molar-refractivity contribution in [2.75, 3.05) is 7.11 Å². The molecule has 2 aliphatic rings. The Kier molecular flexibility index (Phi) is 3.53. The average Bonchev–Trinajstić information content (AvgIpc) is 3.10. The zero-order valence-electron chi connectivity index (χ0n) is 10.4. The highest BCUT2D eigenvalue weighted by Crippen LogP contribution is 2.36. The van der Waals surface area contributed by atoms with Crippen LogP contribution in [0.3, 0.4) is 0 Å². The molecule has 0 aliphatic heterocycles. The van der Waals surface area contributed by atoms with Crippen molar-refractivity contribution in [2.24, 2.45) is 5.92 Å². The molecule has 3 nitrogen and oxygen atoms in total. The third kappa shape index (κ3) is 2.76. The van der Waals surface area contributed by atoms with E-state index in [9.17, 15) is 4.79 Å². The Morgan fingerprint density at radius 1 is 1.31 bits per heavy atom. The Bertz CT molecular complexity index is 255. The van der Waals surface area contributed by atoms with E-state index in [0.29, 0.717) is 5.92 Å². The predicted molar refractivity (Wildman–Crippen MR) is 63.2 cm³/mol. The Balaban J connectivity index is 1.95. The summed E-state index contributed by atoms with van der Waals surface area (Å²) in [6.07, 6.45) is 8.61. The molecule has 0 heterocycles. The first kappa shape index (κ1) is 11.9. The van der Waals surface area contributed by atoms with Gasteiger partial charge in [0.1, 0.15) is 6.04 Å². The Morgan fingerprint density at radius 2 is 1.94 bits per heavy atom. The minimum atomic E-state index is -0.0747. The van der Waals surface area contributed by atoms with Gasteiger partial charge in [-0.2, -0.15) is 0 Å². The second kappa shape index (κ2) is 4.74. The van der Waals surface area contributed by atoms with Crippen LogP contribution in [0.25, 0.3) is 0 Å². The van der Waals surface area contributed by atoms with Crippen LogP contribution in [0.2, 0.25) is 0 Å². The molecule has 2 aliphatic carbocycles. The molecule has 0 radical (unpaired) electrons. The molecule has 0 aromatic heterocycles. The number of rotatable bonds is 4. The first-order valence-corrected chi connectivity index (χ1v) is 6.50. The fourth-order valence-corrected chi connectivity index (χ4v) is 2.78. The van der Waals surface area contributed by atoms with Crippen LogP contribution in [0, 0.1) is 5.92 Å². The van der Waals surface area contributed by atoms with Crippen LogP contribution in [0.5, 0.6) is 0 Å². The van der Waals surface area contributed by atoms with E-state index in [-0.39, 0.29) is 17.6 Å². The van der Waals surface area contributed by atoms with E-state index in [1.54, 1.807) is 0 Å². The Hall–Kier alpha value is -0.570. The van der Waals surface area contributed by atoms with Gasteiger partial charge in [-0.25, -0.2) is 0 Å². The third-order valence-corrected chi connectivity index (χ3v) is 4.01. The van der Waals surface area contributed by atoms with Crippen molar-refractivity contribution < 1.29 is 9.53 Å². The summed E-state index contributed by atoms with van der Waals surface area (Å²) >= 11 is 0. The van der Waals surface area contributed by atoms with Crippen molar-refractivity contribution in [3.8, 4) is 0 Å². The molecule has 2 fully saturated rings. The number of nitrogens with one attached hydrogen (secondary N) is 1. The van der Waals surface area contributed by atoms with E-state index in [1.807, 2.05) is 0 Å². The van der Waals surface area contributed by atoms with Gasteiger partial charge in [0.2, 0.25) is 0 Å². The van der Waals surface area contributed by atoms with Crippen molar-refractivity contribution in [2.45, 2.75) is 63.5 Å². The van der Waals surface area contributed by atoms with Crippen molar-refractivity contribution in [3.05, 3.63) is 0 Å². The molecule has 0 bridgehead atoms. The minimum absolute atomic E-state index is 0.0619. The lowest BCUT2D eigenvalue weighted by Crippen LogP contribution is -2.53. The third-order valence-electron chi connectivity index (χ3n) is 4.01. The smallest absolute Gasteiger partial charge is 0.323 e. The molecule has 0 amide bonds. The molecule has 2 rings (SSSR count). The highest BCUT2D eigenvalue weighted by atomic mass is 16.5. The highest BCUT2D eigenvalue weighted by Gasteiger charge is 2.41. The molecule has 0 saturated heterocycles. The van der Waals surface area contributed by atoms with Gasteiger partial charge in [-0.1, -0.05) is 19.3 Å². The van der Waals surface area contributed by atoms with Crippen LogP contribution < -0.4 is 5.32 Å². The number of methoxy groups -OCH3 is 1. The zero-order valence-corrected chi connectivity index (χ0v) is 10.4. The fourth-order valence-electron chi connectivity index (χ4n) is 2.78. The van der Waals surface area contributed by atoms with Gasteiger partial charge >= 0.3 is 5.97 Å². The number of carbonyl (C=O) groups excluding carboxylic acids is 1. The van der Waals surface area contributed by atoms with Gasteiger partial charge in [0.25, 0.3) is 0 Å². The zero-order chi connectivity index (χ0) is 11.6. The van der Waals surface area contributed by atoms with E-state index in [4.69, 9.17) is 4.74 Å². The van der Waals surface area contributed by atoms with E-state index < -0.39 is 0 Å². The topological polar surface area (TPSA) is 38.3 Å². The number of hydrogen-bond acceptors (Lipinski definition) is 3. The summed E-state index contributed by atoms with van der Waals surface area (Å²) in [5.74, 6) is 0.445. The first-order valence-electron chi connectivity index (χ1n) is 6.50. The molecule has 0 aromatic rings. The van der Waals surface area contributed by atoms with Gasteiger partial charge in [0, 0.05) is 5.54 Å². The molecule has 0 spiro atoms. The molecule has 1 N–H and O–H groups in total. The van der Waals surface area contributed by atoms with E-state index in [0.717, 1.165) is 0 Å². The maximum absolute atomic E-state index is 11.7. The number of ether oxygens (including phenoxy) is 1. The quantitative estimate of drug-likeness (QED) is 0.746. The van der Waals surface area contributed by atoms with E-state index >= 15 is 0 Å². The van der Waals surface area contributed by atoms with Crippen LogP contribution in [0.1, 0.15) is 51.9 Å². The van der Waals surface area contributed by atoms with Crippen LogP contribution in [-0.4, -0.2) is 24.7 Å². The Morgan fingerprint density at radius 3 is 2.44 bits per heavy atom. The van der Waals surface area contributed by atoms with E-state index in [1.165, 1.54) is 52.1 Å². The molecule has 92 valence electrons. The molecule has 16 heavy (non-hydrogen) atoms. The fraction of sp³-hybridized carbons (Fsp3) is 0.923. The van der Waals surface area contributed by atoms with Gasteiger partial charge in [-0.05, 0) is 38.5 Å². The van der Waals surface area contributed by atoms with Crippen molar-refractivity contribution in [1.29, 1.82) is 0 Å². The SMILES string of the molecule is COC(=O)C(NC1(C)CCCCC1)C1CC1. The van der Waals surface area contributed by atoms with Crippen LogP contribution in [0.4, 0.5) is 0 Å². The van der Waals surface area contributed by atoms with Crippen LogP contribution in [0.15, 0.2) is 0 Å². The maximum atomic E-state index is 11.7. The van der Waals surface area contributed by atoms with Gasteiger partial charge in [-0.3, -0.25) is 10.1 Å². The second-order valence-corrected chi connectivity index (χ2v) is 5.60. The van der Waals surface area contributed by atoms with Crippen LogP contribution in [-0.2, 0) is 9.53 Å². The maximum Gasteiger partial charge on any atom is 0.323 e. The van der Waals surface area contributed by atoms with E-state index in [2.05, 4.69) is 12.2 Å². The number of carbonyl (C=O) groups is 1. The number of hydrogen-bond donors (Lipinski definition) is 1. The lowest BCUT2D eigenvalue weighted by molar-refractivity contribution is -0.144. The summed E-state index contributed by atoms with van der Waals surface area (Å²) in [5.41, 5.74) is 0.152. The lowest BCUT2D eigenvalue weighted by Gasteiger charge is -2.37. The molecular weight excluding hydrogens is 202 g/mol. The molecule has 3 heteroatoms. The summed E-state index contributed by atoms with van der Waals surface area (Å²) in [7, 11) is 1.49. The van der Waals surface area contributed by atoms with Crippen molar-refractivity contribution >= 4 is 5.97 Å². The summed E-state index contributed by atoms with van der Waals surface area (Å²) < 4.78 is 4.90. The standard InChI is InChI=1S/C13H23NO2/c1-13(8-4-3-5-9-13)14-11(10-6-7-10)12(15)16-2/h10-11,14H,3-9H2,1-2H3. The van der Waals surface area contributed by atoms with Crippen LogP contribution >= 0.6 is 0 Å². The summed E-state index contributed by atoms with van der Waals surface area (Å²) in [4.78, 5) is 11.7. The molecule has 0 aromatic carbocycles. The van der Waals surface area contributed by atoms with Gasteiger partial charge in [-0.15, -0.1) is 0 Å². The number of esters is 1.